The lowest BCUT2D eigenvalue weighted by Crippen LogP contribution is -2.41. The van der Waals surface area contributed by atoms with Crippen molar-refractivity contribution in [2.75, 3.05) is 19.7 Å². The van der Waals surface area contributed by atoms with Gasteiger partial charge in [-0.25, -0.2) is 4.79 Å². The first-order chi connectivity index (χ1) is 16.5. The third-order valence-corrected chi connectivity index (χ3v) is 7.56. The van der Waals surface area contributed by atoms with Crippen LogP contribution in [0.1, 0.15) is 43.2 Å². The molecule has 5 rings (SSSR count). The third-order valence-electron chi connectivity index (χ3n) is 7.56. The van der Waals surface area contributed by atoms with Gasteiger partial charge >= 0.3 is 12.1 Å². The number of likely N-dealkylation sites (tertiary alicyclic amines) is 1. The van der Waals surface area contributed by atoms with E-state index in [9.17, 15) is 19.5 Å². The summed E-state index contributed by atoms with van der Waals surface area (Å²) >= 11 is 0. The maximum absolute atomic E-state index is 12.8. The molecule has 7 heteroatoms. The first-order valence-electron chi connectivity index (χ1n) is 12.1. The Morgan fingerprint density at radius 3 is 2.18 bits per heavy atom. The molecular formula is C27H30N2O5. The van der Waals surface area contributed by atoms with Gasteiger partial charge in [0.2, 0.25) is 5.91 Å². The molecule has 1 heterocycles. The highest BCUT2D eigenvalue weighted by Crippen LogP contribution is 2.51. The number of nitrogens with zero attached hydrogens (tertiary/aromatic N) is 1. The van der Waals surface area contributed by atoms with Crippen LogP contribution in [0.5, 0.6) is 0 Å². The van der Waals surface area contributed by atoms with Crippen LogP contribution in [-0.2, 0) is 14.3 Å². The lowest BCUT2D eigenvalue weighted by molar-refractivity contribution is -0.141. The molecule has 4 atom stereocenters. The molecule has 0 aromatic heterocycles. The Kier molecular flexibility index (Phi) is 6.02. The Morgan fingerprint density at radius 1 is 1.03 bits per heavy atom. The Labute approximate surface area is 199 Å². The molecule has 2 N–H and O–H groups in total. The fourth-order valence-electron chi connectivity index (χ4n) is 5.82. The van der Waals surface area contributed by atoms with E-state index in [0.29, 0.717) is 19.5 Å². The van der Waals surface area contributed by atoms with E-state index in [-0.39, 0.29) is 48.6 Å². The Hall–Kier alpha value is -3.35. The number of benzene rings is 2. The highest BCUT2D eigenvalue weighted by Gasteiger charge is 2.60. The lowest BCUT2D eigenvalue weighted by Gasteiger charge is -2.24. The van der Waals surface area contributed by atoms with Gasteiger partial charge in [-0.3, -0.25) is 9.59 Å². The largest absolute Gasteiger partial charge is 0.481 e. The molecule has 1 saturated heterocycles. The molecule has 1 saturated carbocycles. The van der Waals surface area contributed by atoms with Crippen molar-refractivity contribution in [3.8, 4) is 11.1 Å². The molecule has 0 radical (unpaired) electrons. The summed E-state index contributed by atoms with van der Waals surface area (Å²) in [6.45, 7) is 3.26. The van der Waals surface area contributed by atoms with Crippen LogP contribution < -0.4 is 5.32 Å². The van der Waals surface area contributed by atoms with Gasteiger partial charge in [0.05, 0.1) is 5.92 Å². The summed E-state index contributed by atoms with van der Waals surface area (Å²) in [6, 6.07) is 16.1. The third kappa shape index (κ3) is 4.15. The number of aliphatic carboxylic acids is 1. The van der Waals surface area contributed by atoms with Gasteiger partial charge in [0, 0.05) is 31.5 Å². The summed E-state index contributed by atoms with van der Waals surface area (Å²) in [5.41, 5.74) is 4.67. The van der Waals surface area contributed by atoms with Gasteiger partial charge in [-0.1, -0.05) is 61.9 Å². The predicted octanol–water partition coefficient (Wildman–Crippen LogP) is 3.87. The molecule has 7 nitrogen and oxygen atoms in total. The van der Waals surface area contributed by atoms with E-state index in [0.717, 1.165) is 17.5 Å². The standard InChI is InChI=1S/C27H30N2O5/c1-2-7-16(12-24(30)29-13-21-22(14-29)25(21)26(31)32)28-27(33)34-15-23-19-10-5-3-8-17(19)18-9-4-6-11-20(18)23/h3-6,8-11,16,21-23,25H,2,7,12-15H2,1H3,(H,28,33)(H,31,32)/t16-,21-,22+,25?/m1/s1. The van der Waals surface area contributed by atoms with Crippen LogP contribution in [-0.4, -0.2) is 53.7 Å². The predicted molar refractivity (Wildman–Crippen MR) is 126 cm³/mol. The lowest BCUT2D eigenvalue weighted by atomic mass is 9.98. The summed E-state index contributed by atoms with van der Waals surface area (Å²) in [5, 5.41) is 12.1. The maximum Gasteiger partial charge on any atom is 0.407 e. The van der Waals surface area contributed by atoms with Gasteiger partial charge in [-0.2, -0.15) is 0 Å². The zero-order valence-corrected chi connectivity index (χ0v) is 19.3. The molecule has 1 aliphatic heterocycles. The quantitative estimate of drug-likeness (QED) is 0.621. The fourth-order valence-corrected chi connectivity index (χ4v) is 5.82. The van der Waals surface area contributed by atoms with E-state index >= 15 is 0 Å². The van der Waals surface area contributed by atoms with Gasteiger partial charge in [-0.05, 0) is 40.5 Å². The van der Waals surface area contributed by atoms with Crippen LogP contribution in [0.15, 0.2) is 48.5 Å². The average Bonchev–Trinajstić information content (AvgIpc) is 3.18. The molecule has 3 aliphatic rings. The summed E-state index contributed by atoms with van der Waals surface area (Å²) < 4.78 is 5.65. The minimum atomic E-state index is -0.761. The molecule has 2 fully saturated rings. The molecule has 0 spiro atoms. The second-order valence-electron chi connectivity index (χ2n) is 9.65. The highest BCUT2D eigenvalue weighted by atomic mass is 16.5. The zero-order chi connectivity index (χ0) is 23.8. The van der Waals surface area contributed by atoms with Crippen LogP contribution in [0, 0.1) is 17.8 Å². The summed E-state index contributed by atoms with van der Waals surface area (Å²) in [5.74, 6) is -0.934. The monoisotopic (exact) mass is 462 g/mol. The molecule has 1 unspecified atom stereocenters. The number of hydrogen-bond acceptors (Lipinski definition) is 4. The smallest absolute Gasteiger partial charge is 0.407 e. The SMILES string of the molecule is CCC[C@H](CC(=O)N1C[C@@H]2C(C(=O)O)[C@@H]2C1)NC(=O)OCC1c2ccccc2-c2ccccc21. The number of piperidine rings is 1. The van der Waals surface area contributed by atoms with Gasteiger partial charge in [0.25, 0.3) is 0 Å². The van der Waals surface area contributed by atoms with Gasteiger partial charge in [0.1, 0.15) is 6.61 Å². The van der Waals surface area contributed by atoms with E-state index in [2.05, 4.69) is 29.6 Å². The second-order valence-corrected chi connectivity index (χ2v) is 9.65. The van der Waals surface area contributed by atoms with Crippen LogP contribution in [0.2, 0.25) is 0 Å². The minimum absolute atomic E-state index is 0.0112. The van der Waals surface area contributed by atoms with Crippen molar-refractivity contribution in [2.24, 2.45) is 17.8 Å². The average molecular weight is 463 g/mol. The van der Waals surface area contributed by atoms with E-state index in [1.54, 1.807) is 4.90 Å². The number of alkyl carbamates (subject to hydrolysis) is 1. The van der Waals surface area contributed by atoms with E-state index in [1.165, 1.54) is 11.1 Å². The number of ether oxygens (including phenoxy) is 1. The number of fused-ring (bicyclic) bond motifs is 4. The van der Waals surface area contributed by atoms with Crippen molar-refractivity contribution in [1.29, 1.82) is 0 Å². The number of hydrogen-bond donors (Lipinski definition) is 2. The second kappa shape index (κ2) is 9.12. The molecule has 2 aliphatic carbocycles. The van der Waals surface area contributed by atoms with Crippen molar-refractivity contribution in [3.63, 3.8) is 0 Å². The summed E-state index contributed by atoms with van der Waals surface area (Å²) in [4.78, 5) is 38.4. The van der Waals surface area contributed by atoms with Crippen molar-refractivity contribution < 1.29 is 24.2 Å². The van der Waals surface area contributed by atoms with Crippen molar-refractivity contribution >= 4 is 18.0 Å². The van der Waals surface area contributed by atoms with Crippen LogP contribution >= 0.6 is 0 Å². The number of amides is 2. The first kappa shape index (κ1) is 22.4. The summed E-state index contributed by atoms with van der Waals surface area (Å²) in [6.07, 6.45) is 1.20. The van der Waals surface area contributed by atoms with Crippen molar-refractivity contribution in [1.82, 2.24) is 10.2 Å². The van der Waals surface area contributed by atoms with Crippen LogP contribution in [0.3, 0.4) is 0 Å². The molecule has 178 valence electrons. The first-order valence-corrected chi connectivity index (χ1v) is 12.1. The molecular weight excluding hydrogens is 432 g/mol. The van der Waals surface area contributed by atoms with E-state index in [4.69, 9.17) is 4.74 Å². The van der Waals surface area contributed by atoms with Crippen molar-refractivity contribution in [2.45, 2.75) is 38.1 Å². The Morgan fingerprint density at radius 2 is 1.62 bits per heavy atom. The number of carbonyl (C=O) groups is 3. The van der Waals surface area contributed by atoms with Gasteiger partial charge < -0.3 is 20.1 Å². The molecule has 2 amide bonds. The fraction of sp³-hybridized carbons (Fsp3) is 0.444. The number of carboxylic acids is 1. The Balaban J connectivity index is 1.16. The van der Waals surface area contributed by atoms with Crippen LogP contribution in [0.25, 0.3) is 11.1 Å². The number of carbonyl (C=O) groups excluding carboxylic acids is 2. The number of nitrogens with one attached hydrogen (secondary N) is 1. The normalized spacial score (nSPS) is 23.0. The number of carboxylic acid groups (broad SMARTS) is 1. The molecule has 2 aromatic rings. The van der Waals surface area contributed by atoms with Gasteiger partial charge in [-0.15, -0.1) is 0 Å². The van der Waals surface area contributed by atoms with E-state index < -0.39 is 12.1 Å². The highest BCUT2D eigenvalue weighted by molar-refractivity contribution is 5.81. The number of rotatable bonds is 8. The minimum Gasteiger partial charge on any atom is -0.481 e. The van der Waals surface area contributed by atoms with E-state index in [1.807, 2.05) is 31.2 Å². The Bertz CT molecular complexity index is 1060. The zero-order valence-electron chi connectivity index (χ0n) is 19.3. The maximum atomic E-state index is 12.8. The molecule has 2 aromatic carbocycles. The van der Waals surface area contributed by atoms with Crippen LogP contribution in [0.4, 0.5) is 4.79 Å². The molecule has 0 bridgehead atoms. The topological polar surface area (TPSA) is 95.9 Å². The van der Waals surface area contributed by atoms with Crippen molar-refractivity contribution in [3.05, 3.63) is 59.7 Å². The van der Waals surface area contributed by atoms with Gasteiger partial charge in [0.15, 0.2) is 0 Å². The molecule has 34 heavy (non-hydrogen) atoms. The summed E-state index contributed by atoms with van der Waals surface area (Å²) in [7, 11) is 0.